The standard InChI is InChI=1S/C29H32FN5O/c1-22-27(29(34-16-5-6-17-34)35(32-22)26-11-9-25(30)10-12-26)28(36)31-15-20-33-18-13-24(14-19-33)21-23-7-3-2-4-8-23/h2-12,16-17,24H,13-15,18-21H2,1H3,(H,31,36). The van der Waals surface area contributed by atoms with Gasteiger partial charge in [0.05, 0.1) is 11.4 Å². The summed E-state index contributed by atoms with van der Waals surface area (Å²) in [5.41, 5.74) is 3.26. The van der Waals surface area contributed by atoms with E-state index >= 15 is 0 Å². The molecule has 0 unspecified atom stereocenters. The number of likely N-dealkylation sites (tertiary alicyclic amines) is 1. The number of amides is 1. The zero-order valence-electron chi connectivity index (χ0n) is 20.6. The average Bonchev–Trinajstić information content (AvgIpc) is 3.54. The van der Waals surface area contributed by atoms with Crippen LogP contribution in [0.2, 0.25) is 0 Å². The highest BCUT2D eigenvalue weighted by Crippen LogP contribution is 2.24. The zero-order valence-corrected chi connectivity index (χ0v) is 20.6. The first kappa shape index (κ1) is 24.0. The topological polar surface area (TPSA) is 55.1 Å². The van der Waals surface area contributed by atoms with Crippen molar-refractivity contribution in [3.63, 3.8) is 0 Å². The Kier molecular flexibility index (Phi) is 7.28. The van der Waals surface area contributed by atoms with E-state index in [0.717, 1.165) is 32.0 Å². The average molecular weight is 486 g/mol. The number of nitrogens with one attached hydrogen (secondary N) is 1. The number of aryl methyl sites for hydroxylation is 1. The summed E-state index contributed by atoms with van der Waals surface area (Å²) in [4.78, 5) is 15.8. The molecule has 0 bridgehead atoms. The number of hydrogen-bond donors (Lipinski definition) is 1. The molecule has 186 valence electrons. The van der Waals surface area contributed by atoms with Gasteiger partial charge in [-0.2, -0.15) is 5.10 Å². The van der Waals surface area contributed by atoms with Crippen molar-refractivity contribution in [1.29, 1.82) is 0 Å². The van der Waals surface area contributed by atoms with Crippen LogP contribution in [0, 0.1) is 18.7 Å². The predicted octanol–water partition coefficient (Wildman–Crippen LogP) is 4.80. The fourth-order valence-electron chi connectivity index (χ4n) is 5.03. The summed E-state index contributed by atoms with van der Waals surface area (Å²) in [6.45, 7) is 5.36. The molecule has 2 aromatic heterocycles. The monoisotopic (exact) mass is 485 g/mol. The number of halogens is 1. The molecule has 5 rings (SSSR count). The van der Waals surface area contributed by atoms with Gasteiger partial charge in [0, 0.05) is 25.5 Å². The van der Waals surface area contributed by atoms with Crippen molar-refractivity contribution in [3.8, 4) is 11.5 Å². The van der Waals surface area contributed by atoms with E-state index in [9.17, 15) is 9.18 Å². The quantitative estimate of drug-likeness (QED) is 0.390. The summed E-state index contributed by atoms with van der Waals surface area (Å²) >= 11 is 0. The predicted molar refractivity (Wildman–Crippen MR) is 139 cm³/mol. The van der Waals surface area contributed by atoms with Gasteiger partial charge in [0.2, 0.25) is 0 Å². The van der Waals surface area contributed by atoms with E-state index in [2.05, 4.69) is 45.6 Å². The number of benzene rings is 2. The van der Waals surface area contributed by atoms with Crippen molar-refractivity contribution in [1.82, 2.24) is 24.6 Å². The Morgan fingerprint density at radius 1 is 1.00 bits per heavy atom. The summed E-state index contributed by atoms with van der Waals surface area (Å²) < 4.78 is 17.1. The molecule has 1 aliphatic heterocycles. The van der Waals surface area contributed by atoms with Crippen LogP contribution in [0.5, 0.6) is 0 Å². The zero-order chi connectivity index (χ0) is 24.9. The minimum Gasteiger partial charge on any atom is -0.351 e. The lowest BCUT2D eigenvalue weighted by molar-refractivity contribution is 0.0943. The molecule has 0 saturated carbocycles. The second-order valence-electron chi connectivity index (χ2n) is 9.49. The van der Waals surface area contributed by atoms with E-state index in [0.29, 0.717) is 29.3 Å². The van der Waals surface area contributed by atoms with Crippen LogP contribution in [-0.2, 0) is 6.42 Å². The third-order valence-corrected chi connectivity index (χ3v) is 6.97. The van der Waals surface area contributed by atoms with Crippen molar-refractivity contribution in [2.24, 2.45) is 5.92 Å². The second kappa shape index (κ2) is 10.9. The van der Waals surface area contributed by atoms with Crippen LogP contribution in [0.1, 0.15) is 34.5 Å². The Hall–Kier alpha value is -3.71. The Labute approximate surface area is 211 Å². The minimum absolute atomic E-state index is 0.150. The van der Waals surface area contributed by atoms with E-state index in [-0.39, 0.29) is 11.7 Å². The molecule has 36 heavy (non-hydrogen) atoms. The van der Waals surface area contributed by atoms with Crippen LogP contribution in [0.15, 0.2) is 79.1 Å². The SMILES string of the molecule is Cc1nn(-c2ccc(F)cc2)c(-n2cccc2)c1C(=O)NCCN1CCC(Cc2ccccc2)CC1. The van der Waals surface area contributed by atoms with E-state index in [1.165, 1.54) is 30.5 Å². The van der Waals surface area contributed by atoms with Crippen LogP contribution < -0.4 is 5.32 Å². The molecule has 7 heteroatoms. The summed E-state index contributed by atoms with van der Waals surface area (Å²) in [7, 11) is 0. The number of rotatable bonds is 8. The van der Waals surface area contributed by atoms with Gasteiger partial charge in [-0.05, 0) is 87.2 Å². The highest BCUT2D eigenvalue weighted by Gasteiger charge is 2.24. The molecular formula is C29H32FN5O. The summed E-state index contributed by atoms with van der Waals surface area (Å²) in [6.07, 6.45) is 7.28. The Balaban J connectivity index is 1.22. The lowest BCUT2D eigenvalue weighted by atomic mass is 9.90. The molecule has 6 nitrogen and oxygen atoms in total. The summed E-state index contributed by atoms with van der Waals surface area (Å²) in [6, 6.07) is 20.6. The molecule has 2 aromatic carbocycles. The molecule has 0 spiro atoms. The first-order chi connectivity index (χ1) is 17.6. The molecule has 0 atom stereocenters. The van der Waals surface area contributed by atoms with Gasteiger partial charge in [-0.25, -0.2) is 9.07 Å². The van der Waals surface area contributed by atoms with E-state index in [4.69, 9.17) is 0 Å². The fraction of sp³-hybridized carbons (Fsp3) is 0.310. The lowest BCUT2D eigenvalue weighted by Crippen LogP contribution is -2.40. The minimum atomic E-state index is -0.313. The molecule has 1 N–H and O–H groups in total. The van der Waals surface area contributed by atoms with Crippen LogP contribution >= 0.6 is 0 Å². The molecule has 3 heterocycles. The number of hydrogen-bond acceptors (Lipinski definition) is 3. The first-order valence-corrected chi connectivity index (χ1v) is 12.6. The van der Waals surface area contributed by atoms with Gasteiger partial charge in [-0.15, -0.1) is 0 Å². The molecule has 1 aliphatic rings. The number of carbonyl (C=O) groups is 1. The molecule has 4 aromatic rings. The number of carbonyl (C=O) groups excluding carboxylic acids is 1. The maximum atomic E-state index is 13.5. The van der Waals surface area contributed by atoms with E-state index in [1.807, 2.05) is 36.0 Å². The van der Waals surface area contributed by atoms with Crippen LogP contribution in [-0.4, -0.2) is 51.3 Å². The van der Waals surface area contributed by atoms with Gasteiger partial charge >= 0.3 is 0 Å². The van der Waals surface area contributed by atoms with Crippen LogP contribution in [0.25, 0.3) is 11.5 Å². The van der Waals surface area contributed by atoms with E-state index in [1.54, 1.807) is 16.8 Å². The highest BCUT2D eigenvalue weighted by atomic mass is 19.1. The summed E-state index contributed by atoms with van der Waals surface area (Å²) in [5.74, 6) is 0.904. The van der Waals surface area contributed by atoms with Crippen LogP contribution in [0.3, 0.4) is 0 Å². The second-order valence-corrected chi connectivity index (χ2v) is 9.49. The highest BCUT2D eigenvalue weighted by molar-refractivity contribution is 5.98. The molecule has 1 fully saturated rings. The van der Waals surface area contributed by atoms with Crippen molar-refractivity contribution in [3.05, 3.63) is 102 Å². The third-order valence-electron chi connectivity index (χ3n) is 6.97. The van der Waals surface area contributed by atoms with Gasteiger partial charge in [0.25, 0.3) is 5.91 Å². The van der Waals surface area contributed by atoms with E-state index < -0.39 is 0 Å². The number of piperidine rings is 1. The first-order valence-electron chi connectivity index (χ1n) is 12.6. The van der Waals surface area contributed by atoms with Gasteiger partial charge < -0.3 is 14.8 Å². The van der Waals surface area contributed by atoms with Gasteiger partial charge in [0.15, 0.2) is 5.82 Å². The van der Waals surface area contributed by atoms with Crippen molar-refractivity contribution >= 4 is 5.91 Å². The van der Waals surface area contributed by atoms with Crippen LogP contribution in [0.4, 0.5) is 4.39 Å². The Morgan fingerprint density at radius 2 is 1.69 bits per heavy atom. The Bertz CT molecular complexity index is 1270. The van der Waals surface area contributed by atoms with Gasteiger partial charge in [0.1, 0.15) is 11.4 Å². The molecule has 0 radical (unpaired) electrons. The largest absolute Gasteiger partial charge is 0.351 e. The summed E-state index contributed by atoms with van der Waals surface area (Å²) in [5, 5.41) is 7.74. The third kappa shape index (κ3) is 5.41. The molecule has 1 amide bonds. The van der Waals surface area contributed by atoms with Crippen molar-refractivity contribution in [2.45, 2.75) is 26.2 Å². The molecule has 0 aliphatic carbocycles. The van der Waals surface area contributed by atoms with Crippen molar-refractivity contribution in [2.75, 3.05) is 26.2 Å². The molecular weight excluding hydrogens is 453 g/mol. The molecule has 1 saturated heterocycles. The number of aromatic nitrogens is 3. The maximum Gasteiger partial charge on any atom is 0.257 e. The smallest absolute Gasteiger partial charge is 0.257 e. The number of nitrogens with zero attached hydrogens (tertiary/aromatic N) is 4. The van der Waals surface area contributed by atoms with Gasteiger partial charge in [-0.3, -0.25) is 4.79 Å². The maximum absolute atomic E-state index is 13.5. The van der Waals surface area contributed by atoms with Gasteiger partial charge in [-0.1, -0.05) is 30.3 Å². The van der Waals surface area contributed by atoms with Crippen molar-refractivity contribution < 1.29 is 9.18 Å². The fourth-order valence-corrected chi connectivity index (χ4v) is 5.03. The lowest BCUT2D eigenvalue weighted by Gasteiger charge is -2.32. The normalized spacial score (nSPS) is 14.7. The Morgan fingerprint density at radius 3 is 2.39 bits per heavy atom.